The van der Waals surface area contributed by atoms with Crippen molar-refractivity contribution in [2.24, 2.45) is 0 Å². The Balaban J connectivity index is 1.96. The van der Waals surface area contributed by atoms with E-state index < -0.39 is 0 Å². The molecule has 0 unspecified atom stereocenters. The van der Waals surface area contributed by atoms with Crippen molar-refractivity contribution in [1.82, 2.24) is 0 Å². The van der Waals surface area contributed by atoms with Crippen LogP contribution in [0, 0.1) is 0 Å². The highest BCUT2D eigenvalue weighted by Gasteiger charge is 2.23. The number of carbonyl (C=O) groups is 1. The molecule has 1 aliphatic heterocycles. The molecule has 1 N–H and O–H groups in total. The summed E-state index contributed by atoms with van der Waals surface area (Å²) in [6.07, 6.45) is 1.52. The zero-order chi connectivity index (χ0) is 13.7. The van der Waals surface area contributed by atoms with E-state index in [2.05, 4.69) is 24.1 Å². The maximum atomic E-state index is 11.9. The van der Waals surface area contributed by atoms with Crippen molar-refractivity contribution < 1.29 is 9.53 Å². The third kappa shape index (κ3) is 3.47. The van der Waals surface area contributed by atoms with E-state index in [1.54, 1.807) is 0 Å². The van der Waals surface area contributed by atoms with Gasteiger partial charge in [-0.3, -0.25) is 4.79 Å². The van der Waals surface area contributed by atoms with Gasteiger partial charge >= 0.3 is 0 Å². The smallest absolute Gasteiger partial charge is 0.253 e. The number of hydrogen-bond acceptors (Lipinski definition) is 3. The Kier molecular flexibility index (Phi) is 4.80. The maximum absolute atomic E-state index is 11.9. The lowest BCUT2D eigenvalue weighted by atomic mass is 10.2. The van der Waals surface area contributed by atoms with Gasteiger partial charge in [0.25, 0.3) is 5.91 Å². The first-order valence-corrected chi connectivity index (χ1v) is 7.02. The second kappa shape index (κ2) is 6.57. The van der Waals surface area contributed by atoms with Gasteiger partial charge in [-0.1, -0.05) is 0 Å². The molecule has 1 fully saturated rings. The van der Waals surface area contributed by atoms with Gasteiger partial charge in [-0.25, -0.2) is 0 Å². The van der Waals surface area contributed by atoms with Crippen LogP contribution in [-0.4, -0.2) is 31.7 Å². The minimum atomic E-state index is -0.276. The van der Waals surface area contributed by atoms with Gasteiger partial charge in [-0.2, -0.15) is 0 Å². The topological polar surface area (TPSA) is 41.6 Å². The Morgan fingerprint density at radius 1 is 1.32 bits per heavy atom. The molecule has 2 rings (SSSR count). The lowest BCUT2D eigenvalue weighted by Crippen LogP contribution is -2.27. The highest BCUT2D eigenvalue weighted by Crippen LogP contribution is 2.19. The molecule has 19 heavy (non-hydrogen) atoms. The molecule has 1 aromatic carbocycles. The first-order chi connectivity index (χ1) is 9.24. The summed E-state index contributed by atoms with van der Waals surface area (Å²) in [4.78, 5) is 14.2. The summed E-state index contributed by atoms with van der Waals surface area (Å²) < 4.78 is 5.36. The van der Waals surface area contributed by atoms with Gasteiger partial charge in [0.05, 0.1) is 0 Å². The molecule has 4 nitrogen and oxygen atoms in total. The first kappa shape index (κ1) is 13.9. The van der Waals surface area contributed by atoms with E-state index in [-0.39, 0.29) is 12.0 Å². The minimum Gasteiger partial charge on any atom is -0.372 e. The predicted molar refractivity (Wildman–Crippen MR) is 77.6 cm³/mol. The van der Waals surface area contributed by atoms with Crippen molar-refractivity contribution in [3.8, 4) is 0 Å². The van der Waals surface area contributed by atoms with Gasteiger partial charge in [-0.05, 0) is 51.0 Å². The van der Waals surface area contributed by atoms with Crippen LogP contribution in [0.3, 0.4) is 0 Å². The van der Waals surface area contributed by atoms with Crippen molar-refractivity contribution in [2.45, 2.75) is 32.8 Å². The molecule has 1 heterocycles. The number of carbonyl (C=O) groups excluding carboxylic acids is 1. The quantitative estimate of drug-likeness (QED) is 0.887. The molecule has 1 aromatic rings. The molecule has 0 bridgehead atoms. The molecule has 0 radical (unpaired) electrons. The van der Waals surface area contributed by atoms with E-state index in [1.165, 1.54) is 5.69 Å². The maximum Gasteiger partial charge on any atom is 0.253 e. The number of nitrogens with one attached hydrogen (secondary N) is 1. The standard InChI is InChI=1S/C15H22N2O2/c1-3-17(4-2)13-9-7-12(8-10-13)16-15(18)14-6-5-11-19-14/h7-10,14H,3-6,11H2,1-2H3,(H,16,18)/t14-/m1/s1. The molecule has 1 amide bonds. The van der Waals surface area contributed by atoms with Gasteiger partial charge in [-0.15, -0.1) is 0 Å². The average Bonchev–Trinajstić information content (AvgIpc) is 2.96. The molecular formula is C15H22N2O2. The van der Waals surface area contributed by atoms with Crippen LogP contribution in [-0.2, 0) is 9.53 Å². The van der Waals surface area contributed by atoms with Crippen LogP contribution in [0.4, 0.5) is 11.4 Å². The van der Waals surface area contributed by atoms with E-state index in [1.807, 2.05) is 24.3 Å². The molecule has 0 aromatic heterocycles. The monoisotopic (exact) mass is 262 g/mol. The minimum absolute atomic E-state index is 0.0342. The van der Waals surface area contributed by atoms with Crippen molar-refractivity contribution in [1.29, 1.82) is 0 Å². The Morgan fingerprint density at radius 3 is 2.53 bits per heavy atom. The number of rotatable bonds is 5. The molecule has 4 heteroatoms. The van der Waals surface area contributed by atoms with Crippen molar-refractivity contribution in [3.05, 3.63) is 24.3 Å². The van der Waals surface area contributed by atoms with Gasteiger partial charge in [0, 0.05) is 31.1 Å². The van der Waals surface area contributed by atoms with Gasteiger partial charge in [0.15, 0.2) is 0 Å². The average molecular weight is 262 g/mol. The van der Waals surface area contributed by atoms with Crippen LogP contribution in [0.1, 0.15) is 26.7 Å². The summed E-state index contributed by atoms with van der Waals surface area (Å²) in [5.41, 5.74) is 2.01. The van der Waals surface area contributed by atoms with Crippen LogP contribution >= 0.6 is 0 Å². The van der Waals surface area contributed by atoms with E-state index in [4.69, 9.17) is 4.74 Å². The van der Waals surface area contributed by atoms with Crippen molar-refractivity contribution >= 4 is 17.3 Å². The largest absolute Gasteiger partial charge is 0.372 e. The predicted octanol–water partition coefficient (Wildman–Crippen LogP) is 2.65. The number of ether oxygens (including phenoxy) is 1. The fraction of sp³-hybridized carbons (Fsp3) is 0.533. The third-order valence-corrected chi connectivity index (χ3v) is 3.49. The Hall–Kier alpha value is -1.55. The third-order valence-electron chi connectivity index (χ3n) is 3.49. The lowest BCUT2D eigenvalue weighted by molar-refractivity contribution is -0.124. The van der Waals surface area contributed by atoms with Crippen molar-refractivity contribution in [2.75, 3.05) is 29.9 Å². The fourth-order valence-corrected chi connectivity index (χ4v) is 2.35. The molecule has 0 aliphatic carbocycles. The zero-order valence-corrected chi connectivity index (χ0v) is 11.7. The summed E-state index contributed by atoms with van der Waals surface area (Å²) in [5, 5.41) is 2.90. The highest BCUT2D eigenvalue weighted by molar-refractivity contribution is 5.94. The van der Waals surface area contributed by atoms with Crippen LogP contribution in [0.15, 0.2) is 24.3 Å². The van der Waals surface area contributed by atoms with Crippen LogP contribution in [0.2, 0.25) is 0 Å². The fourth-order valence-electron chi connectivity index (χ4n) is 2.35. The Bertz CT molecular complexity index is 407. The van der Waals surface area contributed by atoms with E-state index >= 15 is 0 Å². The molecule has 1 aliphatic rings. The highest BCUT2D eigenvalue weighted by atomic mass is 16.5. The second-order valence-corrected chi connectivity index (χ2v) is 4.71. The zero-order valence-electron chi connectivity index (χ0n) is 11.7. The number of nitrogens with zero attached hydrogens (tertiary/aromatic N) is 1. The molecule has 0 saturated carbocycles. The second-order valence-electron chi connectivity index (χ2n) is 4.71. The summed E-state index contributed by atoms with van der Waals surface area (Å²) in [7, 11) is 0. The molecule has 0 spiro atoms. The van der Waals surface area contributed by atoms with E-state index in [0.717, 1.165) is 31.6 Å². The van der Waals surface area contributed by atoms with Gasteiger partial charge in [0.1, 0.15) is 6.10 Å². The SMILES string of the molecule is CCN(CC)c1ccc(NC(=O)[C@H]2CCCO2)cc1. The molecule has 1 atom stereocenters. The summed E-state index contributed by atoms with van der Waals surface area (Å²) in [6.45, 7) is 6.93. The van der Waals surface area contributed by atoms with E-state index in [0.29, 0.717) is 6.61 Å². The normalized spacial score (nSPS) is 18.3. The van der Waals surface area contributed by atoms with E-state index in [9.17, 15) is 4.79 Å². The van der Waals surface area contributed by atoms with Crippen molar-refractivity contribution in [3.63, 3.8) is 0 Å². The lowest BCUT2D eigenvalue weighted by Gasteiger charge is -2.21. The summed E-state index contributed by atoms with van der Waals surface area (Å²) in [6, 6.07) is 7.97. The summed E-state index contributed by atoms with van der Waals surface area (Å²) in [5.74, 6) is -0.0342. The van der Waals surface area contributed by atoms with Crippen LogP contribution in [0.5, 0.6) is 0 Å². The number of hydrogen-bond donors (Lipinski definition) is 1. The van der Waals surface area contributed by atoms with Crippen LogP contribution < -0.4 is 10.2 Å². The molecular weight excluding hydrogens is 240 g/mol. The Morgan fingerprint density at radius 2 is 2.00 bits per heavy atom. The molecule has 104 valence electrons. The van der Waals surface area contributed by atoms with Gasteiger partial charge in [0.2, 0.25) is 0 Å². The number of amides is 1. The number of anilines is 2. The van der Waals surface area contributed by atoms with Gasteiger partial charge < -0.3 is 15.0 Å². The van der Waals surface area contributed by atoms with Crippen LogP contribution in [0.25, 0.3) is 0 Å². The number of benzene rings is 1. The Labute approximate surface area is 114 Å². The summed E-state index contributed by atoms with van der Waals surface area (Å²) >= 11 is 0. The first-order valence-electron chi connectivity index (χ1n) is 7.02. The molecule has 1 saturated heterocycles.